The monoisotopic (exact) mass is 270 g/mol. The molecule has 0 N–H and O–H groups in total. The van der Waals surface area contributed by atoms with Gasteiger partial charge in [0.1, 0.15) is 0 Å². The smallest absolute Gasteiger partial charge is 0.251 e. The summed E-state index contributed by atoms with van der Waals surface area (Å²) in [5, 5.41) is 0. The summed E-state index contributed by atoms with van der Waals surface area (Å²) in [5.74, 6) is 0. The number of hydrogen-bond donors (Lipinski definition) is 0. The molecule has 0 aliphatic heterocycles. The van der Waals surface area contributed by atoms with Gasteiger partial charge in [0.25, 0.3) is 4.74 Å². The number of hydrogen-bond acceptors (Lipinski definition) is 3. The van der Waals surface area contributed by atoms with E-state index in [2.05, 4.69) is 0 Å². The normalized spacial score (nSPS) is 10.4. The fourth-order valence-electron chi connectivity index (χ4n) is 1.89. The first-order valence-electron chi connectivity index (χ1n) is 5.60. The van der Waals surface area contributed by atoms with Gasteiger partial charge in [-0.05, 0) is 21.5 Å². The third-order valence-electron chi connectivity index (χ3n) is 2.73. The van der Waals surface area contributed by atoms with Crippen LogP contribution in [0.15, 0.2) is 65.5 Å². The Labute approximate surface area is 112 Å². The van der Waals surface area contributed by atoms with Gasteiger partial charge in [-0.1, -0.05) is 71.0 Å². The average molecular weight is 270 g/mol. The van der Waals surface area contributed by atoms with Crippen LogP contribution in [0.3, 0.4) is 0 Å². The second-order valence-electron chi connectivity index (χ2n) is 3.89. The first kappa shape index (κ1) is 11.4. The van der Waals surface area contributed by atoms with E-state index < -0.39 is 0 Å². The number of rotatable bonds is 2. The Morgan fingerprint density at radius 3 is 1.83 bits per heavy atom. The molecule has 0 radical (unpaired) electrons. The maximum absolute atomic E-state index is 12.0. The number of benzene rings is 2. The highest BCUT2D eigenvalue weighted by molar-refractivity contribution is 7.70. The maximum atomic E-state index is 12.0. The van der Waals surface area contributed by atoms with E-state index in [-0.39, 0.29) is 4.74 Å². The molecule has 3 rings (SSSR count). The predicted octanol–water partition coefficient (Wildman–Crippen LogP) is 4.50. The second-order valence-corrected chi connectivity index (χ2v) is 6.00. The topological polar surface area (TPSA) is 17.1 Å². The molecule has 0 fully saturated rings. The first-order chi connectivity index (χ1) is 8.86. The van der Waals surface area contributed by atoms with E-state index in [0.29, 0.717) is 0 Å². The molecule has 3 aromatic rings. The molecule has 0 aliphatic carbocycles. The van der Waals surface area contributed by atoms with Crippen LogP contribution in [0, 0.1) is 0 Å². The molecule has 0 saturated heterocycles. The Bertz CT molecular complexity index is 696. The van der Waals surface area contributed by atoms with Crippen molar-refractivity contribution in [2.24, 2.45) is 0 Å². The Kier molecular flexibility index (Phi) is 3.09. The standard InChI is InChI=1S/C15H10OS2/c16-15-13(11-7-3-1-4-8-11)14(17-18-15)12-9-5-2-6-10-12/h1-10H. The van der Waals surface area contributed by atoms with Crippen molar-refractivity contribution >= 4 is 20.7 Å². The lowest BCUT2D eigenvalue weighted by Crippen LogP contribution is -1.94. The van der Waals surface area contributed by atoms with E-state index in [1.165, 1.54) is 10.3 Å². The van der Waals surface area contributed by atoms with Gasteiger partial charge in [0.05, 0.1) is 10.4 Å². The van der Waals surface area contributed by atoms with Crippen molar-refractivity contribution in [1.29, 1.82) is 0 Å². The molecule has 0 bridgehead atoms. The van der Waals surface area contributed by atoms with E-state index >= 15 is 0 Å². The molecule has 0 aliphatic rings. The molecule has 1 nitrogen and oxygen atoms in total. The molecule has 0 atom stereocenters. The third-order valence-corrected chi connectivity index (χ3v) is 4.98. The Morgan fingerprint density at radius 1 is 0.667 bits per heavy atom. The van der Waals surface area contributed by atoms with Gasteiger partial charge in [-0.3, -0.25) is 4.79 Å². The summed E-state index contributed by atoms with van der Waals surface area (Å²) in [5.41, 5.74) is 2.94. The largest absolute Gasteiger partial charge is 0.276 e. The van der Waals surface area contributed by atoms with Crippen LogP contribution in [0.25, 0.3) is 21.6 Å². The molecule has 0 unspecified atom stereocenters. The summed E-state index contributed by atoms with van der Waals surface area (Å²) < 4.78 is 0.144. The molecule has 2 aromatic carbocycles. The van der Waals surface area contributed by atoms with Crippen LogP contribution >= 0.6 is 20.7 Å². The highest BCUT2D eigenvalue weighted by atomic mass is 32.9. The van der Waals surface area contributed by atoms with Crippen molar-refractivity contribution in [2.75, 3.05) is 0 Å². The van der Waals surface area contributed by atoms with Crippen molar-refractivity contribution in [3.05, 3.63) is 70.2 Å². The van der Waals surface area contributed by atoms with Gasteiger partial charge in [0, 0.05) is 0 Å². The summed E-state index contributed by atoms with van der Waals surface area (Å²) >= 11 is 0. The van der Waals surface area contributed by atoms with Crippen LogP contribution in [-0.4, -0.2) is 0 Å². The summed E-state index contributed by atoms with van der Waals surface area (Å²) in [4.78, 5) is 13.1. The summed E-state index contributed by atoms with van der Waals surface area (Å²) in [7, 11) is 2.86. The second kappa shape index (κ2) is 4.88. The van der Waals surface area contributed by atoms with Gasteiger partial charge in [-0.15, -0.1) is 0 Å². The fourth-order valence-corrected chi connectivity index (χ4v) is 4.21. The van der Waals surface area contributed by atoms with E-state index in [4.69, 9.17) is 0 Å². The Morgan fingerprint density at radius 2 is 1.22 bits per heavy atom. The lowest BCUT2D eigenvalue weighted by molar-refractivity contribution is 1.63. The first-order valence-corrected chi connectivity index (χ1v) is 7.75. The van der Waals surface area contributed by atoms with Crippen LogP contribution in [-0.2, 0) is 0 Å². The minimum Gasteiger partial charge on any atom is -0.276 e. The summed E-state index contributed by atoms with van der Waals surface area (Å²) in [6.45, 7) is 0. The molecular weight excluding hydrogens is 260 g/mol. The van der Waals surface area contributed by atoms with E-state index in [1.54, 1.807) is 10.3 Å². The molecule has 1 aromatic heterocycles. The quantitative estimate of drug-likeness (QED) is 0.626. The zero-order chi connectivity index (χ0) is 12.4. The van der Waals surface area contributed by atoms with Crippen molar-refractivity contribution in [3.63, 3.8) is 0 Å². The third kappa shape index (κ3) is 2.03. The Hall–Kier alpha value is -1.71. The van der Waals surface area contributed by atoms with Crippen molar-refractivity contribution in [1.82, 2.24) is 0 Å². The van der Waals surface area contributed by atoms with Gasteiger partial charge in [-0.25, -0.2) is 0 Å². The highest BCUT2D eigenvalue weighted by Gasteiger charge is 2.13. The van der Waals surface area contributed by atoms with Gasteiger partial charge in [0.15, 0.2) is 0 Å². The van der Waals surface area contributed by atoms with Crippen LogP contribution in [0.1, 0.15) is 0 Å². The van der Waals surface area contributed by atoms with Gasteiger partial charge >= 0.3 is 0 Å². The molecule has 0 spiro atoms. The van der Waals surface area contributed by atoms with Gasteiger partial charge in [-0.2, -0.15) is 0 Å². The molecule has 88 valence electrons. The molecule has 1 heterocycles. The van der Waals surface area contributed by atoms with Gasteiger partial charge in [0.2, 0.25) is 0 Å². The fraction of sp³-hybridized carbons (Fsp3) is 0. The zero-order valence-electron chi connectivity index (χ0n) is 9.50. The van der Waals surface area contributed by atoms with Crippen LogP contribution in [0.2, 0.25) is 0 Å². The maximum Gasteiger partial charge on any atom is 0.251 e. The lowest BCUT2D eigenvalue weighted by atomic mass is 10.0. The van der Waals surface area contributed by atoms with E-state index in [0.717, 1.165) is 21.6 Å². The minimum absolute atomic E-state index is 0.144. The average Bonchev–Trinajstić information content (AvgIpc) is 2.83. The molecule has 3 heteroatoms. The molecule has 0 amide bonds. The molecular formula is C15H10OS2. The van der Waals surface area contributed by atoms with Crippen molar-refractivity contribution < 1.29 is 0 Å². The highest BCUT2D eigenvalue weighted by Crippen LogP contribution is 2.35. The SMILES string of the molecule is O=c1ssc(-c2ccccc2)c1-c1ccccc1. The zero-order valence-corrected chi connectivity index (χ0v) is 11.1. The van der Waals surface area contributed by atoms with E-state index in [9.17, 15) is 4.79 Å². The van der Waals surface area contributed by atoms with E-state index in [1.807, 2.05) is 60.7 Å². The Balaban J connectivity index is 2.23. The van der Waals surface area contributed by atoms with Crippen molar-refractivity contribution in [3.8, 4) is 21.6 Å². The summed E-state index contributed by atoms with van der Waals surface area (Å²) in [6.07, 6.45) is 0. The predicted molar refractivity (Wildman–Crippen MR) is 79.3 cm³/mol. The summed E-state index contributed by atoms with van der Waals surface area (Å²) in [6, 6.07) is 19.9. The lowest BCUT2D eigenvalue weighted by Gasteiger charge is -2.02. The van der Waals surface area contributed by atoms with Crippen LogP contribution < -0.4 is 4.74 Å². The van der Waals surface area contributed by atoms with Crippen LogP contribution in [0.4, 0.5) is 0 Å². The minimum atomic E-state index is 0.144. The van der Waals surface area contributed by atoms with Crippen LogP contribution in [0.5, 0.6) is 0 Å². The molecule has 0 saturated carbocycles. The van der Waals surface area contributed by atoms with Crippen molar-refractivity contribution in [2.45, 2.75) is 0 Å². The molecule has 18 heavy (non-hydrogen) atoms. The van der Waals surface area contributed by atoms with Gasteiger partial charge < -0.3 is 0 Å².